The molecule has 0 aromatic carbocycles. The normalized spacial score (nSPS) is 31.2. The van der Waals surface area contributed by atoms with Crippen LogP contribution < -0.4 is 5.32 Å². The molecule has 3 heterocycles. The molecule has 19 heavy (non-hydrogen) atoms. The lowest BCUT2D eigenvalue weighted by atomic mass is 9.99. The minimum Gasteiger partial charge on any atom is -0.338 e. The summed E-state index contributed by atoms with van der Waals surface area (Å²) in [7, 11) is -3.11. The van der Waals surface area contributed by atoms with Gasteiger partial charge in [0.2, 0.25) is 5.89 Å². The summed E-state index contributed by atoms with van der Waals surface area (Å²) in [4.78, 5) is 4.36. The van der Waals surface area contributed by atoms with Crippen molar-refractivity contribution in [1.29, 1.82) is 0 Å². The highest BCUT2D eigenvalue weighted by atomic mass is 32.2. The summed E-state index contributed by atoms with van der Waals surface area (Å²) >= 11 is 0. The second kappa shape index (κ2) is 5.20. The summed E-state index contributed by atoms with van der Waals surface area (Å²) < 4.78 is 29.3. The zero-order valence-electron chi connectivity index (χ0n) is 10.8. The van der Waals surface area contributed by atoms with Gasteiger partial charge in [-0.05, 0) is 32.2 Å². The van der Waals surface area contributed by atoms with Crippen LogP contribution in [0.4, 0.5) is 0 Å². The molecular formula is C12H19N3O3S. The van der Waals surface area contributed by atoms with E-state index in [0.717, 1.165) is 38.8 Å². The Hall–Kier alpha value is -0.950. The Bertz CT molecular complexity index is 534. The van der Waals surface area contributed by atoms with E-state index in [-0.39, 0.29) is 11.7 Å². The molecule has 2 aliphatic rings. The van der Waals surface area contributed by atoms with Gasteiger partial charge in [-0.3, -0.25) is 0 Å². The van der Waals surface area contributed by atoms with E-state index < -0.39 is 15.1 Å². The fourth-order valence-electron chi connectivity index (χ4n) is 2.85. The molecule has 0 bridgehead atoms. The van der Waals surface area contributed by atoms with E-state index in [9.17, 15) is 8.42 Å². The highest BCUT2D eigenvalue weighted by Gasteiger charge is 2.35. The molecule has 0 radical (unpaired) electrons. The van der Waals surface area contributed by atoms with Gasteiger partial charge in [-0.25, -0.2) is 8.42 Å². The first-order valence-electron chi connectivity index (χ1n) is 6.92. The monoisotopic (exact) mass is 285 g/mol. The molecule has 2 atom stereocenters. The summed E-state index contributed by atoms with van der Waals surface area (Å²) in [6.07, 6.45) is 4.38. The van der Waals surface area contributed by atoms with Crippen molar-refractivity contribution in [2.24, 2.45) is 0 Å². The van der Waals surface area contributed by atoms with Crippen molar-refractivity contribution in [1.82, 2.24) is 15.5 Å². The summed E-state index contributed by atoms with van der Waals surface area (Å²) in [5.41, 5.74) is 0. The Labute approximate surface area is 112 Å². The lowest BCUT2D eigenvalue weighted by Crippen LogP contribution is -2.29. The molecule has 0 amide bonds. The summed E-state index contributed by atoms with van der Waals surface area (Å²) in [6.45, 7) is 1.87. The van der Waals surface area contributed by atoms with Crippen molar-refractivity contribution >= 4 is 9.84 Å². The SMILES string of the molecule is O=S1(=O)CCCCC1c1nc(C2CCCNC2)no1. The fourth-order valence-corrected chi connectivity index (χ4v) is 4.67. The molecule has 0 aliphatic carbocycles. The molecule has 6 nitrogen and oxygen atoms in total. The minimum atomic E-state index is -3.11. The number of nitrogens with zero attached hydrogens (tertiary/aromatic N) is 2. The van der Waals surface area contributed by atoms with Crippen molar-refractivity contribution in [3.63, 3.8) is 0 Å². The topological polar surface area (TPSA) is 85.1 Å². The molecule has 2 aliphatic heterocycles. The minimum absolute atomic E-state index is 0.236. The number of piperidine rings is 1. The van der Waals surface area contributed by atoms with Gasteiger partial charge in [0.1, 0.15) is 5.25 Å². The maximum Gasteiger partial charge on any atom is 0.244 e. The van der Waals surface area contributed by atoms with Gasteiger partial charge in [0.15, 0.2) is 15.7 Å². The predicted octanol–water partition coefficient (Wildman–Crippen LogP) is 1.18. The number of hydrogen-bond acceptors (Lipinski definition) is 6. The molecule has 3 rings (SSSR count). The van der Waals surface area contributed by atoms with Crippen LogP contribution >= 0.6 is 0 Å². The molecule has 2 fully saturated rings. The van der Waals surface area contributed by atoms with Crippen molar-refractivity contribution in [3.8, 4) is 0 Å². The molecule has 1 N–H and O–H groups in total. The molecule has 106 valence electrons. The number of sulfone groups is 1. The molecule has 1 aromatic heterocycles. The summed E-state index contributed by atoms with van der Waals surface area (Å²) in [6, 6.07) is 0. The maximum atomic E-state index is 12.0. The number of aromatic nitrogens is 2. The van der Waals surface area contributed by atoms with Crippen molar-refractivity contribution in [3.05, 3.63) is 11.7 Å². The van der Waals surface area contributed by atoms with Crippen LogP contribution in [0.15, 0.2) is 4.52 Å². The standard InChI is InChI=1S/C12H19N3O3S/c16-19(17)7-2-1-5-10(19)12-14-11(15-18-12)9-4-3-6-13-8-9/h9-10,13H,1-8H2. The summed E-state index contributed by atoms with van der Waals surface area (Å²) in [5.74, 6) is 1.43. The van der Waals surface area contributed by atoms with E-state index in [1.54, 1.807) is 0 Å². The van der Waals surface area contributed by atoms with E-state index in [2.05, 4.69) is 15.5 Å². The van der Waals surface area contributed by atoms with Crippen molar-refractivity contribution in [2.45, 2.75) is 43.3 Å². The molecule has 0 saturated carbocycles. The highest BCUT2D eigenvalue weighted by molar-refractivity contribution is 7.91. The van der Waals surface area contributed by atoms with E-state index in [4.69, 9.17) is 4.52 Å². The highest BCUT2D eigenvalue weighted by Crippen LogP contribution is 2.33. The van der Waals surface area contributed by atoms with Crippen molar-refractivity contribution < 1.29 is 12.9 Å². The van der Waals surface area contributed by atoms with Gasteiger partial charge < -0.3 is 9.84 Å². The Morgan fingerprint density at radius 2 is 2.11 bits per heavy atom. The van der Waals surface area contributed by atoms with Gasteiger partial charge >= 0.3 is 0 Å². The van der Waals surface area contributed by atoms with E-state index in [1.165, 1.54) is 0 Å². The number of nitrogens with one attached hydrogen (secondary N) is 1. The third kappa shape index (κ3) is 2.67. The second-order valence-corrected chi connectivity index (χ2v) is 7.69. The first-order valence-corrected chi connectivity index (χ1v) is 8.64. The van der Waals surface area contributed by atoms with Gasteiger partial charge in [-0.15, -0.1) is 0 Å². The maximum absolute atomic E-state index is 12.0. The van der Waals surface area contributed by atoms with Gasteiger partial charge in [-0.1, -0.05) is 11.6 Å². The lowest BCUT2D eigenvalue weighted by molar-refractivity contribution is 0.350. The summed E-state index contributed by atoms with van der Waals surface area (Å²) in [5, 5.41) is 6.70. The van der Waals surface area contributed by atoms with Gasteiger partial charge in [0.05, 0.1) is 5.75 Å². The van der Waals surface area contributed by atoms with Crippen LogP contribution in [-0.4, -0.2) is 37.4 Å². The molecule has 1 aromatic rings. The van der Waals surface area contributed by atoms with Crippen LogP contribution in [0.25, 0.3) is 0 Å². The largest absolute Gasteiger partial charge is 0.338 e. The van der Waals surface area contributed by atoms with Crippen LogP contribution in [0, 0.1) is 0 Å². The van der Waals surface area contributed by atoms with E-state index in [0.29, 0.717) is 18.1 Å². The van der Waals surface area contributed by atoms with Gasteiger partial charge in [0, 0.05) is 12.5 Å². The lowest BCUT2D eigenvalue weighted by Gasteiger charge is -2.20. The Kier molecular flexibility index (Phi) is 3.58. The predicted molar refractivity (Wildman–Crippen MR) is 69.5 cm³/mol. The average Bonchev–Trinajstić information content (AvgIpc) is 2.88. The zero-order valence-corrected chi connectivity index (χ0v) is 11.7. The first kappa shape index (κ1) is 13.1. The van der Waals surface area contributed by atoms with Gasteiger partial charge in [0.25, 0.3) is 0 Å². The third-order valence-corrected chi connectivity index (χ3v) is 6.14. The van der Waals surface area contributed by atoms with Crippen LogP contribution in [0.5, 0.6) is 0 Å². The molecule has 2 saturated heterocycles. The fraction of sp³-hybridized carbons (Fsp3) is 0.833. The Balaban J connectivity index is 1.80. The van der Waals surface area contributed by atoms with Crippen LogP contribution in [0.1, 0.15) is 55.0 Å². The number of hydrogen-bond donors (Lipinski definition) is 1. The van der Waals surface area contributed by atoms with Crippen LogP contribution in [0.3, 0.4) is 0 Å². The van der Waals surface area contributed by atoms with E-state index >= 15 is 0 Å². The first-order chi connectivity index (χ1) is 9.17. The molecule has 7 heteroatoms. The zero-order chi connectivity index (χ0) is 13.3. The Morgan fingerprint density at radius 1 is 1.21 bits per heavy atom. The quantitative estimate of drug-likeness (QED) is 0.878. The van der Waals surface area contributed by atoms with E-state index in [1.807, 2.05) is 0 Å². The molecular weight excluding hydrogens is 266 g/mol. The molecule has 2 unspecified atom stereocenters. The van der Waals surface area contributed by atoms with Crippen LogP contribution in [-0.2, 0) is 9.84 Å². The number of rotatable bonds is 2. The van der Waals surface area contributed by atoms with Gasteiger partial charge in [-0.2, -0.15) is 4.98 Å². The van der Waals surface area contributed by atoms with Crippen LogP contribution in [0.2, 0.25) is 0 Å². The Morgan fingerprint density at radius 3 is 2.84 bits per heavy atom. The molecule has 0 spiro atoms. The average molecular weight is 285 g/mol. The second-order valence-electron chi connectivity index (χ2n) is 5.39. The van der Waals surface area contributed by atoms with Crippen molar-refractivity contribution in [2.75, 3.05) is 18.8 Å². The smallest absolute Gasteiger partial charge is 0.244 e. The third-order valence-electron chi connectivity index (χ3n) is 3.97.